The molecule has 2 rings (SSSR count). The highest BCUT2D eigenvalue weighted by atomic mass is 32.1. The molecule has 0 aromatic carbocycles. The standard InChI is InChI=1S/C13H19NOS/c1-10-9-16-13(14-10)8-12(15)7-11-5-3-2-4-6-11/h9,11H,2-8H2,1H3. The quantitative estimate of drug-likeness (QED) is 0.801. The van der Waals surface area contributed by atoms with Crippen LogP contribution in [0, 0.1) is 12.8 Å². The van der Waals surface area contributed by atoms with E-state index in [9.17, 15) is 4.79 Å². The van der Waals surface area contributed by atoms with Gasteiger partial charge in [0.15, 0.2) is 0 Å². The van der Waals surface area contributed by atoms with E-state index >= 15 is 0 Å². The van der Waals surface area contributed by atoms with Crippen LogP contribution in [-0.2, 0) is 11.2 Å². The van der Waals surface area contributed by atoms with Crippen molar-refractivity contribution in [3.8, 4) is 0 Å². The molecule has 0 saturated heterocycles. The Morgan fingerprint density at radius 1 is 1.44 bits per heavy atom. The number of hydrogen-bond donors (Lipinski definition) is 0. The van der Waals surface area contributed by atoms with Gasteiger partial charge in [0.25, 0.3) is 0 Å². The van der Waals surface area contributed by atoms with Crippen molar-refractivity contribution in [3.05, 3.63) is 16.1 Å². The lowest BCUT2D eigenvalue weighted by atomic mass is 9.85. The molecule has 2 nitrogen and oxygen atoms in total. The van der Waals surface area contributed by atoms with Gasteiger partial charge in [-0.2, -0.15) is 0 Å². The fourth-order valence-corrected chi connectivity index (χ4v) is 3.24. The summed E-state index contributed by atoms with van der Waals surface area (Å²) >= 11 is 1.61. The summed E-state index contributed by atoms with van der Waals surface area (Å²) in [5.41, 5.74) is 1.03. The van der Waals surface area contributed by atoms with Gasteiger partial charge in [0.1, 0.15) is 10.8 Å². The van der Waals surface area contributed by atoms with Crippen LogP contribution in [0.2, 0.25) is 0 Å². The van der Waals surface area contributed by atoms with Crippen LogP contribution in [0.4, 0.5) is 0 Å². The van der Waals surface area contributed by atoms with Crippen molar-refractivity contribution in [2.45, 2.75) is 51.9 Å². The van der Waals surface area contributed by atoms with Gasteiger partial charge in [-0.15, -0.1) is 11.3 Å². The third-order valence-electron chi connectivity index (χ3n) is 3.26. The molecule has 0 spiro atoms. The van der Waals surface area contributed by atoms with Gasteiger partial charge in [-0.05, 0) is 12.8 Å². The Balaban J connectivity index is 1.79. The summed E-state index contributed by atoms with van der Waals surface area (Å²) in [5, 5.41) is 3.00. The maximum Gasteiger partial charge on any atom is 0.139 e. The Labute approximate surface area is 101 Å². The summed E-state index contributed by atoms with van der Waals surface area (Å²) < 4.78 is 0. The Hall–Kier alpha value is -0.700. The van der Waals surface area contributed by atoms with E-state index in [-0.39, 0.29) is 0 Å². The van der Waals surface area contributed by atoms with Gasteiger partial charge in [-0.1, -0.05) is 32.1 Å². The SMILES string of the molecule is Cc1csc(CC(=O)CC2CCCCC2)n1. The van der Waals surface area contributed by atoms with Crippen molar-refractivity contribution in [1.82, 2.24) is 4.98 Å². The maximum atomic E-state index is 11.9. The number of rotatable bonds is 4. The third kappa shape index (κ3) is 3.41. The lowest BCUT2D eigenvalue weighted by molar-refractivity contribution is -0.119. The molecular formula is C13H19NOS. The van der Waals surface area contributed by atoms with Gasteiger partial charge >= 0.3 is 0 Å². The normalized spacial score (nSPS) is 17.6. The van der Waals surface area contributed by atoms with Crippen LogP contribution < -0.4 is 0 Å². The molecule has 0 N–H and O–H groups in total. The smallest absolute Gasteiger partial charge is 0.139 e. The zero-order valence-corrected chi connectivity index (χ0v) is 10.7. The van der Waals surface area contributed by atoms with Crippen molar-refractivity contribution in [2.24, 2.45) is 5.92 Å². The predicted octanol–water partition coefficient (Wildman–Crippen LogP) is 3.53. The largest absolute Gasteiger partial charge is 0.299 e. The molecule has 0 radical (unpaired) electrons. The Morgan fingerprint density at radius 3 is 2.81 bits per heavy atom. The molecule has 0 aliphatic heterocycles. The fourth-order valence-electron chi connectivity index (χ4n) is 2.44. The van der Waals surface area contributed by atoms with Gasteiger partial charge in [0.2, 0.25) is 0 Å². The van der Waals surface area contributed by atoms with E-state index in [1.54, 1.807) is 11.3 Å². The van der Waals surface area contributed by atoms with Crippen LogP contribution in [0.15, 0.2) is 5.38 Å². The number of thiazole rings is 1. The van der Waals surface area contributed by atoms with E-state index < -0.39 is 0 Å². The molecule has 1 aliphatic carbocycles. The lowest BCUT2D eigenvalue weighted by Crippen LogP contribution is -2.13. The van der Waals surface area contributed by atoms with Gasteiger partial charge in [-0.25, -0.2) is 4.98 Å². The van der Waals surface area contributed by atoms with Crippen molar-refractivity contribution >= 4 is 17.1 Å². The molecule has 0 amide bonds. The minimum Gasteiger partial charge on any atom is -0.299 e. The van der Waals surface area contributed by atoms with Crippen LogP contribution in [0.25, 0.3) is 0 Å². The second kappa shape index (κ2) is 5.58. The Kier molecular flexibility index (Phi) is 4.10. The average molecular weight is 237 g/mol. The molecule has 1 heterocycles. The highest BCUT2D eigenvalue weighted by molar-refractivity contribution is 7.09. The highest BCUT2D eigenvalue weighted by Crippen LogP contribution is 2.27. The molecule has 1 aliphatic rings. The Morgan fingerprint density at radius 2 is 2.19 bits per heavy atom. The predicted molar refractivity (Wildman–Crippen MR) is 66.8 cm³/mol. The molecule has 0 bridgehead atoms. The average Bonchev–Trinajstić information content (AvgIpc) is 2.65. The third-order valence-corrected chi connectivity index (χ3v) is 4.22. The van der Waals surface area contributed by atoms with E-state index in [0.29, 0.717) is 18.1 Å². The number of aryl methyl sites for hydroxylation is 1. The maximum absolute atomic E-state index is 11.9. The summed E-state index contributed by atoms with van der Waals surface area (Å²) in [4.78, 5) is 16.2. The van der Waals surface area contributed by atoms with E-state index in [1.165, 1.54) is 32.1 Å². The van der Waals surface area contributed by atoms with Crippen molar-refractivity contribution in [3.63, 3.8) is 0 Å². The summed E-state index contributed by atoms with van der Waals surface area (Å²) in [5.74, 6) is 1.03. The molecule has 16 heavy (non-hydrogen) atoms. The van der Waals surface area contributed by atoms with E-state index in [4.69, 9.17) is 0 Å². The molecule has 1 fully saturated rings. The van der Waals surface area contributed by atoms with Crippen LogP contribution in [0.5, 0.6) is 0 Å². The second-order valence-electron chi connectivity index (χ2n) is 4.81. The van der Waals surface area contributed by atoms with Crippen LogP contribution in [-0.4, -0.2) is 10.8 Å². The van der Waals surface area contributed by atoms with Crippen molar-refractivity contribution < 1.29 is 4.79 Å². The summed E-state index contributed by atoms with van der Waals surface area (Å²) in [6.45, 7) is 1.98. The first-order valence-corrected chi connectivity index (χ1v) is 7.04. The van der Waals surface area contributed by atoms with E-state index in [0.717, 1.165) is 17.1 Å². The first-order valence-electron chi connectivity index (χ1n) is 6.17. The molecule has 1 saturated carbocycles. The first-order chi connectivity index (χ1) is 7.74. The van der Waals surface area contributed by atoms with Crippen LogP contribution >= 0.6 is 11.3 Å². The molecule has 1 aromatic rings. The number of hydrogen-bond acceptors (Lipinski definition) is 3. The summed E-state index contributed by atoms with van der Waals surface area (Å²) in [6.07, 6.45) is 7.82. The lowest BCUT2D eigenvalue weighted by Gasteiger charge is -2.20. The van der Waals surface area contributed by atoms with Gasteiger partial charge in [-0.3, -0.25) is 4.79 Å². The summed E-state index contributed by atoms with van der Waals surface area (Å²) in [6, 6.07) is 0. The van der Waals surface area contributed by atoms with E-state index in [2.05, 4.69) is 4.98 Å². The Bertz CT molecular complexity index is 353. The minimum absolute atomic E-state index is 0.376. The van der Waals surface area contributed by atoms with Gasteiger partial charge in [0, 0.05) is 17.5 Å². The number of Topliss-reactive ketones (excluding diaryl/α,β-unsaturated/α-hetero) is 1. The molecule has 0 atom stereocenters. The molecule has 3 heteroatoms. The fraction of sp³-hybridized carbons (Fsp3) is 0.692. The monoisotopic (exact) mass is 237 g/mol. The number of ketones is 1. The van der Waals surface area contributed by atoms with E-state index in [1.807, 2.05) is 12.3 Å². The number of carbonyl (C=O) groups is 1. The van der Waals surface area contributed by atoms with Gasteiger partial charge in [0.05, 0.1) is 6.42 Å². The highest BCUT2D eigenvalue weighted by Gasteiger charge is 2.17. The molecule has 88 valence electrons. The van der Waals surface area contributed by atoms with Crippen molar-refractivity contribution in [2.75, 3.05) is 0 Å². The topological polar surface area (TPSA) is 30.0 Å². The molecule has 0 unspecified atom stereocenters. The number of nitrogens with zero attached hydrogens (tertiary/aromatic N) is 1. The summed E-state index contributed by atoms with van der Waals surface area (Å²) in [7, 11) is 0. The first kappa shape index (κ1) is 11.8. The molecule has 1 aromatic heterocycles. The van der Waals surface area contributed by atoms with Crippen LogP contribution in [0.3, 0.4) is 0 Å². The second-order valence-corrected chi connectivity index (χ2v) is 5.75. The zero-order valence-electron chi connectivity index (χ0n) is 9.87. The number of aromatic nitrogens is 1. The number of carbonyl (C=O) groups excluding carboxylic acids is 1. The minimum atomic E-state index is 0.376. The van der Waals surface area contributed by atoms with Gasteiger partial charge < -0.3 is 0 Å². The molecular weight excluding hydrogens is 218 g/mol. The van der Waals surface area contributed by atoms with Crippen LogP contribution in [0.1, 0.15) is 49.2 Å². The zero-order chi connectivity index (χ0) is 11.4. The van der Waals surface area contributed by atoms with Crippen molar-refractivity contribution in [1.29, 1.82) is 0 Å².